The third-order valence-electron chi connectivity index (χ3n) is 5.98. The van der Waals surface area contributed by atoms with Crippen molar-refractivity contribution < 1.29 is 9.53 Å². The summed E-state index contributed by atoms with van der Waals surface area (Å²) in [5.41, 5.74) is 0. The summed E-state index contributed by atoms with van der Waals surface area (Å²) in [6, 6.07) is 0. The molecule has 1 aliphatic heterocycles. The minimum Gasteiger partial charge on any atom is -0.378 e. The van der Waals surface area contributed by atoms with Gasteiger partial charge in [-0.25, -0.2) is 0 Å². The number of aliphatic imine (C=N–C) groups is 1. The van der Waals surface area contributed by atoms with Crippen molar-refractivity contribution in [3.05, 3.63) is 0 Å². The number of nitrogens with one attached hydrogen (secondary N) is 2. The molecule has 0 spiro atoms. The fraction of sp³-hybridized carbons (Fsp3) is 0.905. The zero-order valence-electron chi connectivity index (χ0n) is 17.6. The molecule has 1 saturated heterocycles. The normalized spacial score (nSPS) is 20.7. The number of carbonyl (C=O) groups excluding carboxylic acids is 1. The molecule has 6 heteroatoms. The van der Waals surface area contributed by atoms with E-state index >= 15 is 0 Å². The highest BCUT2D eigenvalue weighted by Gasteiger charge is 2.26. The third-order valence-corrected chi connectivity index (χ3v) is 5.98. The van der Waals surface area contributed by atoms with Crippen LogP contribution in [0.25, 0.3) is 0 Å². The van der Waals surface area contributed by atoms with Crippen LogP contribution in [0.1, 0.15) is 65.2 Å². The lowest BCUT2D eigenvalue weighted by molar-refractivity contribution is -0.121. The van der Waals surface area contributed by atoms with Gasteiger partial charge in [-0.15, -0.1) is 0 Å². The molecule has 0 radical (unpaired) electrons. The summed E-state index contributed by atoms with van der Waals surface area (Å²) in [5.74, 6) is 2.40. The number of guanidine groups is 1. The van der Waals surface area contributed by atoms with Crippen LogP contribution in [0.5, 0.6) is 0 Å². The van der Waals surface area contributed by atoms with Crippen molar-refractivity contribution in [2.45, 2.75) is 71.3 Å². The molecule has 2 rings (SSSR count). The van der Waals surface area contributed by atoms with Gasteiger partial charge in [0.2, 0.25) is 5.91 Å². The first kappa shape index (κ1) is 22.0. The Kier molecular flexibility index (Phi) is 9.95. The fourth-order valence-electron chi connectivity index (χ4n) is 4.44. The van der Waals surface area contributed by atoms with Crippen LogP contribution in [-0.4, -0.2) is 62.7 Å². The first-order valence-corrected chi connectivity index (χ1v) is 11.0. The van der Waals surface area contributed by atoms with Crippen LogP contribution in [0.2, 0.25) is 0 Å². The lowest BCUT2D eigenvalue weighted by atomic mass is 9.93. The maximum atomic E-state index is 11.6. The van der Waals surface area contributed by atoms with Gasteiger partial charge in [0.25, 0.3) is 0 Å². The van der Waals surface area contributed by atoms with Gasteiger partial charge in [0.15, 0.2) is 5.96 Å². The lowest BCUT2D eigenvalue weighted by Crippen LogP contribution is -2.46. The molecule has 1 unspecified atom stereocenters. The maximum absolute atomic E-state index is 11.6. The zero-order valence-corrected chi connectivity index (χ0v) is 17.6. The Morgan fingerprint density at radius 3 is 2.48 bits per heavy atom. The predicted molar refractivity (Wildman–Crippen MR) is 111 cm³/mol. The van der Waals surface area contributed by atoms with Crippen LogP contribution in [-0.2, 0) is 9.53 Å². The standard InChI is InChI=1S/C21H40N4O2/c1-4-23-21(25-14-11-17(12-15-25)16-20(26)22-3)24-13-10-19(27-5-2)18-8-6-7-9-18/h17-19H,4-16H2,1-3H3,(H,22,26)(H,23,24). The molecule has 0 aromatic carbocycles. The second-order valence-corrected chi connectivity index (χ2v) is 7.87. The molecule has 1 aliphatic carbocycles. The molecule has 1 saturated carbocycles. The minimum atomic E-state index is 0.155. The topological polar surface area (TPSA) is 66.0 Å². The molecule has 1 heterocycles. The Balaban J connectivity index is 1.83. The van der Waals surface area contributed by atoms with Gasteiger partial charge < -0.3 is 20.3 Å². The number of hydrogen-bond acceptors (Lipinski definition) is 3. The first-order valence-electron chi connectivity index (χ1n) is 11.0. The summed E-state index contributed by atoms with van der Waals surface area (Å²) in [6.45, 7) is 8.67. The van der Waals surface area contributed by atoms with Crippen LogP contribution in [0, 0.1) is 11.8 Å². The molecule has 27 heavy (non-hydrogen) atoms. The largest absolute Gasteiger partial charge is 0.378 e. The van der Waals surface area contributed by atoms with Crippen molar-refractivity contribution in [2.75, 3.05) is 39.8 Å². The monoisotopic (exact) mass is 380 g/mol. The second-order valence-electron chi connectivity index (χ2n) is 7.87. The molecule has 2 fully saturated rings. The molecule has 2 aliphatic rings. The van der Waals surface area contributed by atoms with Crippen LogP contribution < -0.4 is 10.6 Å². The highest BCUT2D eigenvalue weighted by molar-refractivity contribution is 5.80. The number of amides is 1. The molecule has 156 valence electrons. The Morgan fingerprint density at radius 2 is 1.89 bits per heavy atom. The number of rotatable bonds is 9. The average Bonchev–Trinajstić information content (AvgIpc) is 3.22. The van der Waals surface area contributed by atoms with E-state index in [9.17, 15) is 4.79 Å². The van der Waals surface area contributed by atoms with Gasteiger partial charge >= 0.3 is 0 Å². The van der Waals surface area contributed by atoms with E-state index < -0.39 is 0 Å². The molecule has 6 nitrogen and oxygen atoms in total. The van der Waals surface area contributed by atoms with Crippen molar-refractivity contribution in [3.8, 4) is 0 Å². The van der Waals surface area contributed by atoms with E-state index in [1.807, 2.05) is 0 Å². The molecule has 0 aromatic heterocycles. The van der Waals surface area contributed by atoms with Crippen molar-refractivity contribution in [2.24, 2.45) is 16.8 Å². The molecular formula is C21H40N4O2. The van der Waals surface area contributed by atoms with E-state index in [2.05, 4.69) is 29.4 Å². The summed E-state index contributed by atoms with van der Waals surface area (Å²) in [7, 11) is 1.72. The van der Waals surface area contributed by atoms with Gasteiger partial charge in [-0.05, 0) is 57.8 Å². The predicted octanol–water partition coefficient (Wildman–Crippen LogP) is 2.79. The van der Waals surface area contributed by atoms with Crippen molar-refractivity contribution in [1.82, 2.24) is 15.5 Å². The van der Waals surface area contributed by atoms with Gasteiger partial charge in [-0.3, -0.25) is 9.79 Å². The average molecular weight is 381 g/mol. The van der Waals surface area contributed by atoms with Crippen LogP contribution in [0.15, 0.2) is 4.99 Å². The number of nitrogens with zero attached hydrogens (tertiary/aromatic N) is 2. The number of carbonyl (C=O) groups is 1. The summed E-state index contributed by atoms with van der Waals surface area (Å²) >= 11 is 0. The second kappa shape index (κ2) is 12.2. The Hall–Kier alpha value is -1.30. The van der Waals surface area contributed by atoms with Gasteiger partial charge in [-0.1, -0.05) is 12.8 Å². The van der Waals surface area contributed by atoms with E-state index in [-0.39, 0.29) is 5.91 Å². The van der Waals surface area contributed by atoms with Crippen molar-refractivity contribution >= 4 is 11.9 Å². The number of piperidine rings is 1. The minimum absolute atomic E-state index is 0.155. The summed E-state index contributed by atoms with van der Waals surface area (Å²) in [5, 5.41) is 6.19. The molecule has 2 N–H and O–H groups in total. The zero-order chi connectivity index (χ0) is 19.5. The van der Waals surface area contributed by atoms with E-state index in [1.165, 1.54) is 25.7 Å². The summed E-state index contributed by atoms with van der Waals surface area (Å²) in [6.07, 6.45) is 9.47. The molecule has 1 amide bonds. The quantitative estimate of drug-likeness (QED) is 0.477. The highest BCUT2D eigenvalue weighted by Crippen LogP contribution is 2.30. The van der Waals surface area contributed by atoms with E-state index in [1.54, 1.807) is 7.05 Å². The number of hydrogen-bond donors (Lipinski definition) is 2. The van der Waals surface area contributed by atoms with Crippen LogP contribution in [0.4, 0.5) is 0 Å². The maximum Gasteiger partial charge on any atom is 0.220 e. The third kappa shape index (κ3) is 7.32. The highest BCUT2D eigenvalue weighted by atomic mass is 16.5. The van der Waals surface area contributed by atoms with Crippen molar-refractivity contribution in [3.63, 3.8) is 0 Å². The number of likely N-dealkylation sites (tertiary alicyclic amines) is 1. The Bertz CT molecular complexity index is 455. The van der Waals surface area contributed by atoms with E-state index in [0.29, 0.717) is 18.4 Å². The molecule has 0 bridgehead atoms. The molecule has 0 aromatic rings. The number of ether oxygens (including phenoxy) is 1. The lowest BCUT2D eigenvalue weighted by Gasteiger charge is -2.34. The van der Waals surface area contributed by atoms with Crippen LogP contribution in [0.3, 0.4) is 0 Å². The summed E-state index contributed by atoms with van der Waals surface area (Å²) < 4.78 is 6.03. The fourth-order valence-corrected chi connectivity index (χ4v) is 4.44. The van der Waals surface area contributed by atoms with Gasteiger partial charge in [0.1, 0.15) is 0 Å². The van der Waals surface area contributed by atoms with Gasteiger partial charge in [0, 0.05) is 46.3 Å². The smallest absolute Gasteiger partial charge is 0.220 e. The van der Waals surface area contributed by atoms with Gasteiger partial charge in [0.05, 0.1) is 6.10 Å². The molecular weight excluding hydrogens is 340 g/mol. The summed E-state index contributed by atoms with van der Waals surface area (Å²) in [4.78, 5) is 18.9. The Labute approximate surface area is 165 Å². The SMILES string of the molecule is CCNC(=NCCC(OCC)C1CCCC1)N1CCC(CC(=O)NC)CC1. The van der Waals surface area contributed by atoms with E-state index in [0.717, 1.165) is 63.9 Å². The van der Waals surface area contributed by atoms with E-state index in [4.69, 9.17) is 9.73 Å². The molecule has 1 atom stereocenters. The van der Waals surface area contributed by atoms with Crippen LogP contribution >= 0.6 is 0 Å². The van der Waals surface area contributed by atoms with Gasteiger partial charge in [-0.2, -0.15) is 0 Å². The Morgan fingerprint density at radius 1 is 1.19 bits per heavy atom. The first-order chi connectivity index (χ1) is 13.2. The van der Waals surface area contributed by atoms with Crippen molar-refractivity contribution in [1.29, 1.82) is 0 Å².